The van der Waals surface area contributed by atoms with Gasteiger partial charge in [0.1, 0.15) is 4.21 Å². The van der Waals surface area contributed by atoms with Crippen LogP contribution in [0.3, 0.4) is 0 Å². The average Bonchev–Trinajstić information content (AvgIpc) is 3.26. The molecule has 6 nitrogen and oxygen atoms in total. The summed E-state index contributed by atoms with van der Waals surface area (Å²) in [5.74, 6) is -0.400. The van der Waals surface area contributed by atoms with E-state index in [0.29, 0.717) is 11.3 Å². The molecule has 1 heterocycles. The Bertz CT molecular complexity index is 877. The number of thiophene rings is 1. The Labute approximate surface area is 144 Å². The Morgan fingerprint density at radius 2 is 1.92 bits per heavy atom. The van der Waals surface area contributed by atoms with Crippen LogP contribution in [0.5, 0.6) is 0 Å². The van der Waals surface area contributed by atoms with Gasteiger partial charge in [-0.05, 0) is 54.5 Å². The van der Waals surface area contributed by atoms with E-state index in [4.69, 9.17) is 0 Å². The van der Waals surface area contributed by atoms with Gasteiger partial charge in [0.25, 0.3) is 10.0 Å². The maximum Gasteiger partial charge on any atom is 0.271 e. The zero-order valence-corrected chi connectivity index (χ0v) is 14.6. The molecule has 0 spiro atoms. The van der Waals surface area contributed by atoms with Gasteiger partial charge in [-0.15, -0.1) is 11.3 Å². The molecule has 2 N–H and O–H groups in total. The van der Waals surface area contributed by atoms with Crippen molar-refractivity contribution >= 4 is 32.9 Å². The van der Waals surface area contributed by atoms with Crippen molar-refractivity contribution in [2.75, 3.05) is 4.72 Å². The lowest BCUT2D eigenvalue weighted by Crippen LogP contribution is -2.22. The molecule has 1 aliphatic carbocycles. The molecule has 24 heavy (non-hydrogen) atoms. The first-order chi connectivity index (χ1) is 11.5. The molecule has 0 unspecified atom stereocenters. The molecule has 0 bridgehead atoms. The molecule has 0 amide bonds. The van der Waals surface area contributed by atoms with Crippen LogP contribution in [0.1, 0.15) is 25.3 Å². The van der Waals surface area contributed by atoms with Crippen LogP contribution < -0.4 is 15.3 Å². The van der Waals surface area contributed by atoms with Crippen molar-refractivity contribution in [3.8, 4) is 0 Å². The van der Waals surface area contributed by atoms with Gasteiger partial charge in [0.05, 0.1) is 0 Å². The third kappa shape index (κ3) is 3.95. The molecule has 0 radical (unpaired) electrons. The fraction of sp³-hybridized carbons (Fsp3) is 0.188. The standard InChI is InChI=1S/C16H17N3O3S2/c1-11(12-4-5-12)17-18-16(20)13-6-8-14(9-7-13)19-24(21,22)15-3-2-10-23-15/h2-3,6-10,17,19H,4-5H2,1H3,(H,18,20)/p-1. The minimum absolute atomic E-state index is 0.241. The van der Waals surface area contributed by atoms with Gasteiger partial charge >= 0.3 is 0 Å². The van der Waals surface area contributed by atoms with Crippen LogP contribution in [0.15, 0.2) is 62.4 Å². The SMILES string of the molecule is CC(NN=C([O-])c1ccc(NS(=O)(=O)c2cccs2)cc1)=C1CC1. The zero-order valence-electron chi connectivity index (χ0n) is 12.9. The Balaban J connectivity index is 1.69. The Morgan fingerprint density at radius 1 is 1.21 bits per heavy atom. The minimum Gasteiger partial charge on any atom is -0.857 e. The highest BCUT2D eigenvalue weighted by molar-refractivity contribution is 7.94. The molecule has 1 aliphatic rings. The van der Waals surface area contributed by atoms with Crippen LogP contribution in [0.25, 0.3) is 0 Å². The van der Waals surface area contributed by atoms with Crippen LogP contribution in [0.2, 0.25) is 0 Å². The molecule has 2 aromatic rings. The number of benzene rings is 1. The first-order valence-electron chi connectivity index (χ1n) is 7.32. The lowest BCUT2D eigenvalue weighted by molar-refractivity contribution is -0.213. The van der Waals surface area contributed by atoms with Crippen LogP contribution in [0.4, 0.5) is 5.69 Å². The first kappa shape index (κ1) is 16.5. The lowest BCUT2D eigenvalue weighted by atomic mass is 10.2. The summed E-state index contributed by atoms with van der Waals surface area (Å²) in [5.41, 5.74) is 5.74. The second-order valence-electron chi connectivity index (χ2n) is 5.37. The topological polar surface area (TPSA) is 93.6 Å². The molecule has 0 atom stereocenters. The van der Waals surface area contributed by atoms with Crippen LogP contribution >= 0.6 is 11.3 Å². The van der Waals surface area contributed by atoms with Gasteiger partial charge in [-0.1, -0.05) is 18.2 Å². The lowest BCUT2D eigenvalue weighted by Gasteiger charge is -2.13. The summed E-state index contributed by atoms with van der Waals surface area (Å²) in [4.78, 5) is 0. The molecule has 8 heteroatoms. The number of anilines is 1. The number of nitrogens with zero attached hydrogens (tertiary/aromatic N) is 1. The van der Waals surface area contributed by atoms with Crippen molar-refractivity contribution in [3.05, 3.63) is 58.6 Å². The van der Waals surface area contributed by atoms with Crippen molar-refractivity contribution in [3.63, 3.8) is 0 Å². The quantitative estimate of drug-likeness (QED) is 0.468. The summed E-state index contributed by atoms with van der Waals surface area (Å²) in [6, 6.07) is 9.37. The molecule has 1 aromatic heterocycles. The number of hydrazone groups is 1. The number of hydrogen-bond acceptors (Lipinski definition) is 6. The highest BCUT2D eigenvalue weighted by Gasteiger charge is 2.15. The van der Waals surface area contributed by atoms with Gasteiger partial charge in [0.15, 0.2) is 0 Å². The van der Waals surface area contributed by atoms with Crippen molar-refractivity contribution in [2.45, 2.75) is 24.0 Å². The summed E-state index contributed by atoms with van der Waals surface area (Å²) < 4.78 is 27.0. The van der Waals surface area contributed by atoms with E-state index < -0.39 is 15.9 Å². The maximum absolute atomic E-state index is 12.1. The molecule has 1 aromatic carbocycles. The van der Waals surface area contributed by atoms with E-state index in [9.17, 15) is 13.5 Å². The Morgan fingerprint density at radius 3 is 2.50 bits per heavy atom. The molecule has 0 aliphatic heterocycles. The van der Waals surface area contributed by atoms with E-state index in [0.717, 1.165) is 29.9 Å². The predicted molar refractivity (Wildman–Crippen MR) is 93.2 cm³/mol. The van der Waals surface area contributed by atoms with Gasteiger partial charge in [0.2, 0.25) is 0 Å². The fourth-order valence-corrected chi connectivity index (χ4v) is 4.07. The van der Waals surface area contributed by atoms with Gasteiger partial charge in [-0.3, -0.25) is 10.1 Å². The van der Waals surface area contributed by atoms with E-state index in [1.165, 1.54) is 11.6 Å². The largest absolute Gasteiger partial charge is 0.857 e. The van der Waals surface area contributed by atoms with Gasteiger partial charge < -0.3 is 5.11 Å². The van der Waals surface area contributed by atoms with E-state index in [1.807, 2.05) is 6.92 Å². The summed E-state index contributed by atoms with van der Waals surface area (Å²) in [6.07, 6.45) is 2.11. The van der Waals surface area contributed by atoms with Gasteiger partial charge in [0, 0.05) is 17.3 Å². The summed E-state index contributed by atoms with van der Waals surface area (Å²) in [7, 11) is -3.59. The number of hydrogen-bond donors (Lipinski definition) is 2. The Kier molecular flexibility index (Phi) is 4.59. The molecule has 126 valence electrons. The second-order valence-corrected chi connectivity index (χ2v) is 8.23. The van der Waals surface area contributed by atoms with Crippen LogP contribution in [0, 0.1) is 0 Å². The van der Waals surface area contributed by atoms with Crippen molar-refractivity contribution in [1.82, 2.24) is 5.43 Å². The molecule has 0 saturated heterocycles. The van der Waals surface area contributed by atoms with Crippen molar-refractivity contribution < 1.29 is 13.5 Å². The smallest absolute Gasteiger partial charge is 0.271 e. The normalized spacial score (nSPS) is 14.4. The van der Waals surface area contributed by atoms with Crippen molar-refractivity contribution in [1.29, 1.82) is 0 Å². The summed E-state index contributed by atoms with van der Waals surface area (Å²) >= 11 is 1.14. The average molecular weight is 362 g/mol. The first-order valence-corrected chi connectivity index (χ1v) is 9.68. The molecule has 3 rings (SSSR count). The summed E-state index contributed by atoms with van der Waals surface area (Å²) in [5, 5.41) is 17.5. The number of rotatable bonds is 6. The summed E-state index contributed by atoms with van der Waals surface area (Å²) in [6.45, 7) is 1.89. The maximum atomic E-state index is 12.1. The highest BCUT2D eigenvalue weighted by atomic mass is 32.2. The van der Waals surface area contributed by atoms with E-state index in [-0.39, 0.29) is 4.21 Å². The molecular formula is C16H16N3O3S2-. The van der Waals surface area contributed by atoms with Crippen LogP contribution in [-0.2, 0) is 10.0 Å². The third-order valence-electron chi connectivity index (χ3n) is 3.50. The fourth-order valence-electron chi connectivity index (χ4n) is 2.02. The third-order valence-corrected chi connectivity index (χ3v) is 6.28. The number of nitrogens with one attached hydrogen (secondary N) is 2. The molecule has 1 saturated carbocycles. The minimum atomic E-state index is -3.59. The monoisotopic (exact) mass is 362 g/mol. The van der Waals surface area contributed by atoms with E-state index in [1.54, 1.807) is 35.7 Å². The Hall–Kier alpha value is -2.32. The number of sulfonamides is 1. The van der Waals surface area contributed by atoms with Gasteiger partial charge in [-0.2, -0.15) is 5.10 Å². The van der Waals surface area contributed by atoms with E-state index >= 15 is 0 Å². The predicted octanol–water partition coefficient (Wildman–Crippen LogP) is 2.23. The molecule has 1 fully saturated rings. The van der Waals surface area contributed by atoms with Crippen molar-refractivity contribution in [2.24, 2.45) is 5.10 Å². The second kappa shape index (κ2) is 6.66. The number of allylic oxidation sites excluding steroid dienone is 2. The van der Waals surface area contributed by atoms with E-state index in [2.05, 4.69) is 15.2 Å². The zero-order chi connectivity index (χ0) is 17.2. The van der Waals surface area contributed by atoms with Crippen LogP contribution in [-0.4, -0.2) is 14.3 Å². The molecular weight excluding hydrogens is 346 g/mol. The van der Waals surface area contributed by atoms with Gasteiger partial charge in [-0.25, -0.2) is 8.42 Å². The highest BCUT2D eigenvalue weighted by Crippen LogP contribution is 2.30.